The summed E-state index contributed by atoms with van der Waals surface area (Å²) in [5, 5.41) is 0. The Morgan fingerprint density at radius 3 is 2.71 bits per heavy atom. The molecule has 6 heteroatoms. The second kappa shape index (κ2) is 6.76. The zero-order valence-electron chi connectivity index (χ0n) is 12.3. The van der Waals surface area contributed by atoms with Gasteiger partial charge in [0.2, 0.25) is 0 Å². The lowest BCUT2D eigenvalue weighted by atomic mass is 10.0. The summed E-state index contributed by atoms with van der Waals surface area (Å²) in [5.74, 6) is 0.854. The number of piperidine rings is 1. The molecule has 1 aliphatic heterocycles. The lowest BCUT2D eigenvalue weighted by Gasteiger charge is -2.35. The first-order valence-corrected chi connectivity index (χ1v) is 7.32. The fourth-order valence-electron chi connectivity index (χ4n) is 2.68. The Balaban J connectivity index is 2.36. The minimum atomic E-state index is -0.183. The van der Waals surface area contributed by atoms with Gasteiger partial charge in [-0.05, 0) is 31.4 Å². The summed E-state index contributed by atoms with van der Waals surface area (Å²) < 4.78 is 10.6. The summed E-state index contributed by atoms with van der Waals surface area (Å²) >= 11 is 5.10. The highest BCUT2D eigenvalue weighted by Crippen LogP contribution is 2.32. The van der Waals surface area contributed by atoms with Crippen LogP contribution in [0.2, 0.25) is 0 Å². The largest absolute Gasteiger partial charge is 0.493 e. The summed E-state index contributed by atoms with van der Waals surface area (Å²) in [4.78, 5) is 14.9. The number of carbonyl (C=O) groups excluding carboxylic acids is 1. The number of hydrogen-bond donors (Lipinski definition) is 1. The van der Waals surface area contributed by atoms with E-state index in [0.717, 1.165) is 19.3 Å². The van der Waals surface area contributed by atoms with Gasteiger partial charge >= 0.3 is 0 Å². The molecular formula is C15H20N2O3S. The van der Waals surface area contributed by atoms with Crippen LogP contribution in [0.5, 0.6) is 11.5 Å². The standard InChI is InChI=1S/C15H20N2O3S/c1-19-12-8-5-6-10(13(12)20-2)15(18)17-9-4-3-7-11(17)14(16)21/h5-6,8,11H,3-4,7,9H2,1-2H3,(H2,16,21). The molecule has 21 heavy (non-hydrogen) atoms. The topological polar surface area (TPSA) is 64.8 Å². The van der Waals surface area contributed by atoms with Crippen LogP contribution in [0, 0.1) is 0 Å². The van der Waals surface area contributed by atoms with Gasteiger partial charge in [-0.3, -0.25) is 4.79 Å². The number of para-hydroxylation sites is 1. The maximum atomic E-state index is 12.8. The third-order valence-corrected chi connectivity index (χ3v) is 4.00. The summed E-state index contributed by atoms with van der Waals surface area (Å²) in [7, 11) is 3.07. The maximum absolute atomic E-state index is 12.8. The van der Waals surface area contributed by atoms with Gasteiger partial charge in [0.1, 0.15) is 0 Å². The summed E-state index contributed by atoms with van der Waals surface area (Å²) in [6, 6.07) is 5.08. The molecule has 1 aromatic carbocycles. The molecule has 1 aromatic rings. The number of rotatable bonds is 4. The number of likely N-dealkylation sites (tertiary alicyclic amines) is 1. The van der Waals surface area contributed by atoms with Gasteiger partial charge in [-0.25, -0.2) is 0 Å². The zero-order chi connectivity index (χ0) is 15.4. The van der Waals surface area contributed by atoms with Crippen molar-refractivity contribution in [3.05, 3.63) is 23.8 Å². The lowest BCUT2D eigenvalue weighted by Crippen LogP contribution is -2.49. The monoisotopic (exact) mass is 308 g/mol. The predicted octanol–water partition coefficient (Wildman–Crippen LogP) is 1.98. The molecule has 1 amide bonds. The maximum Gasteiger partial charge on any atom is 0.258 e. The molecule has 5 nitrogen and oxygen atoms in total. The van der Waals surface area contributed by atoms with Gasteiger partial charge < -0.3 is 20.1 Å². The number of hydrogen-bond acceptors (Lipinski definition) is 4. The van der Waals surface area contributed by atoms with Crippen LogP contribution in [0.4, 0.5) is 0 Å². The Kier molecular flexibility index (Phi) is 5.01. The highest BCUT2D eigenvalue weighted by molar-refractivity contribution is 7.80. The molecule has 2 N–H and O–H groups in total. The molecular weight excluding hydrogens is 288 g/mol. The number of benzene rings is 1. The van der Waals surface area contributed by atoms with Gasteiger partial charge in [0.15, 0.2) is 11.5 Å². The number of thiocarbonyl (C=S) groups is 1. The highest BCUT2D eigenvalue weighted by atomic mass is 32.1. The molecule has 0 radical (unpaired) electrons. The average Bonchev–Trinajstić information content (AvgIpc) is 2.53. The van der Waals surface area contributed by atoms with Crippen molar-refractivity contribution in [3.8, 4) is 11.5 Å². The average molecular weight is 308 g/mol. The summed E-state index contributed by atoms with van der Waals surface area (Å²) in [5.41, 5.74) is 6.25. The minimum absolute atomic E-state index is 0.122. The van der Waals surface area contributed by atoms with Gasteiger partial charge in [-0.15, -0.1) is 0 Å². The van der Waals surface area contributed by atoms with Crippen molar-refractivity contribution < 1.29 is 14.3 Å². The van der Waals surface area contributed by atoms with Crippen LogP contribution in [0.15, 0.2) is 18.2 Å². The van der Waals surface area contributed by atoms with Crippen LogP contribution in [0.1, 0.15) is 29.6 Å². The molecule has 0 bridgehead atoms. The number of amides is 1. The molecule has 1 heterocycles. The van der Waals surface area contributed by atoms with Gasteiger partial charge in [-0.1, -0.05) is 18.3 Å². The van der Waals surface area contributed by atoms with Gasteiger partial charge in [0, 0.05) is 6.54 Å². The Labute approximate surface area is 130 Å². The first-order valence-electron chi connectivity index (χ1n) is 6.91. The number of nitrogens with two attached hydrogens (primary N) is 1. The Morgan fingerprint density at radius 2 is 2.10 bits per heavy atom. The smallest absolute Gasteiger partial charge is 0.258 e. The Morgan fingerprint density at radius 1 is 1.33 bits per heavy atom. The summed E-state index contributed by atoms with van der Waals surface area (Å²) in [6.45, 7) is 0.654. The van der Waals surface area contributed by atoms with Crippen LogP contribution in [-0.4, -0.2) is 42.6 Å². The van der Waals surface area contributed by atoms with Crippen molar-refractivity contribution >= 4 is 23.1 Å². The summed E-state index contributed by atoms with van der Waals surface area (Å²) in [6.07, 6.45) is 2.80. The van der Waals surface area contributed by atoms with Crippen LogP contribution in [0.25, 0.3) is 0 Å². The lowest BCUT2D eigenvalue weighted by molar-refractivity contribution is 0.0677. The molecule has 0 spiro atoms. The van der Waals surface area contributed by atoms with Crippen molar-refractivity contribution in [3.63, 3.8) is 0 Å². The van der Waals surface area contributed by atoms with Crippen LogP contribution >= 0.6 is 12.2 Å². The van der Waals surface area contributed by atoms with E-state index in [1.54, 1.807) is 30.2 Å². The van der Waals surface area contributed by atoms with Crippen LogP contribution in [-0.2, 0) is 0 Å². The third-order valence-electron chi connectivity index (χ3n) is 3.73. The number of methoxy groups -OCH3 is 2. The number of nitrogens with zero attached hydrogens (tertiary/aromatic N) is 1. The molecule has 1 unspecified atom stereocenters. The molecule has 0 aliphatic carbocycles. The van der Waals surface area contributed by atoms with Crippen molar-refractivity contribution in [2.24, 2.45) is 5.73 Å². The Hall–Kier alpha value is -1.82. The van der Waals surface area contributed by atoms with Crippen molar-refractivity contribution in [1.82, 2.24) is 4.90 Å². The first-order chi connectivity index (χ1) is 10.1. The second-order valence-electron chi connectivity index (χ2n) is 4.95. The van der Waals surface area contributed by atoms with Crippen molar-refractivity contribution in [2.75, 3.05) is 20.8 Å². The van der Waals surface area contributed by atoms with E-state index in [0.29, 0.717) is 28.6 Å². The van der Waals surface area contributed by atoms with E-state index in [9.17, 15) is 4.79 Å². The molecule has 1 saturated heterocycles. The van der Waals surface area contributed by atoms with E-state index in [1.165, 1.54) is 7.11 Å². The Bertz CT molecular complexity index is 548. The molecule has 0 aromatic heterocycles. The van der Waals surface area contributed by atoms with E-state index in [1.807, 2.05) is 0 Å². The molecule has 1 aliphatic rings. The van der Waals surface area contributed by atoms with Gasteiger partial charge in [0.25, 0.3) is 5.91 Å². The highest BCUT2D eigenvalue weighted by Gasteiger charge is 2.31. The van der Waals surface area contributed by atoms with Crippen LogP contribution in [0.3, 0.4) is 0 Å². The van der Waals surface area contributed by atoms with Gasteiger partial charge in [0.05, 0.1) is 30.8 Å². The van der Waals surface area contributed by atoms with Crippen molar-refractivity contribution in [2.45, 2.75) is 25.3 Å². The molecule has 0 saturated carbocycles. The fraction of sp³-hybridized carbons (Fsp3) is 0.467. The number of carbonyl (C=O) groups is 1. The first kappa shape index (κ1) is 15.6. The molecule has 1 fully saturated rings. The second-order valence-corrected chi connectivity index (χ2v) is 5.42. The third kappa shape index (κ3) is 3.10. The zero-order valence-corrected chi connectivity index (χ0v) is 13.1. The van der Waals surface area contributed by atoms with E-state index < -0.39 is 0 Å². The molecule has 1 atom stereocenters. The van der Waals surface area contributed by atoms with E-state index in [-0.39, 0.29) is 11.9 Å². The van der Waals surface area contributed by atoms with E-state index >= 15 is 0 Å². The minimum Gasteiger partial charge on any atom is -0.493 e. The fourth-order valence-corrected chi connectivity index (χ4v) is 2.93. The SMILES string of the molecule is COc1cccc(C(=O)N2CCCCC2C(N)=S)c1OC. The predicted molar refractivity (Wildman–Crippen MR) is 85.0 cm³/mol. The van der Waals surface area contributed by atoms with Crippen LogP contribution < -0.4 is 15.2 Å². The van der Waals surface area contributed by atoms with Crippen molar-refractivity contribution in [1.29, 1.82) is 0 Å². The van der Waals surface area contributed by atoms with Gasteiger partial charge in [-0.2, -0.15) is 0 Å². The van der Waals surface area contributed by atoms with E-state index in [4.69, 9.17) is 27.4 Å². The molecule has 2 rings (SSSR count). The normalized spacial score (nSPS) is 18.2. The van der Waals surface area contributed by atoms with E-state index in [2.05, 4.69) is 0 Å². The molecule has 114 valence electrons. The number of ether oxygens (including phenoxy) is 2. The quantitative estimate of drug-likeness (QED) is 0.862.